The number of carbonyl (C=O) groups is 1. The van der Waals surface area contributed by atoms with Crippen LogP contribution >= 0.6 is 0 Å². The summed E-state index contributed by atoms with van der Waals surface area (Å²) in [6.45, 7) is 4.27. The quantitative estimate of drug-likeness (QED) is 0.266. The SMILES string of the molecule is CCC(=O)N(CCCN(C)C)c1ccc(N=C(c2ccc3c(c2)OCCO3)c2c(O)[nH]c3cc(F)ccc23)cc1. The molecule has 40 heavy (non-hydrogen) atoms. The van der Waals surface area contributed by atoms with Crippen molar-refractivity contribution in [2.75, 3.05) is 45.3 Å². The number of aliphatic imine (C=N–C) groups is 1. The number of rotatable bonds is 9. The van der Waals surface area contributed by atoms with Gasteiger partial charge in [-0.25, -0.2) is 9.38 Å². The van der Waals surface area contributed by atoms with Crippen LogP contribution in [0.15, 0.2) is 65.7 Å². The van der Waals surface area contributed by atoms with Crippen molar-refractivity contribution < 1.29 is 23.8 Å². The van der Waals surface area contributed by atoms with Crippen molar-refractivity contribution in [3.63, 3.8) is 0 Å². The molecule has 8 nitrogen and oxygen atoms in total. The summed E-state index contributed by atoms with van der Waals surface area (Å²) in [7, 11) is 4.03. The highest BCUT2D eigenvalue weighted by atomic mass is 19.1. The number of hydrogen-bond donors (Lipinski definition) is 2. The Morgan fingerprint density at radius 2 is 1.75 bits per heavy atom. The number of H-pyrrole nitrogens is 1. The van der Waals surface area contributed by atoms with E-state index in [0.717, 1.165) is 18.7 Å². The number of carbonyl (C=O) groups excluding carboxylic acids is 1. The molecule has 0 spiro atoms. The number of halogens is 1. The summed E-state index contributed by atoms with van der Waals surface area (Å²) in [5.41, 5.74) is 3.51. The topological polar surface area (TPSA) is 90.4 Å². The molecular formula is C31H33FN4O4. The molecule has 0 radical (unpaired) electrons. The van der Waals surface area contributed by atoms with Gasteiger partial charge in [0.05, 0.1) is 22.5 Å². The summed E-state index contributed by atoms with van der Waals surface area (Å²) in [4.78, 5) is 24.4. The van der Waals surface area contributed by atoms with Crippen molar-refractivity contribution in [1.29, 1.82) is 0 Å². The van der Waals surface area contributed by atoms with Gasteiger partial charge in [0.2, 0.25) is 5.91 Å². The van der Waals surface area contributed by atoms with Gasteiger partial charge in [-0.05, 0) is 87.7 Å². The monoisotopic (exact) mass is 544 g/mol. The zero-order valence-electron chi connectivity index (χ0n) is 22.9. The molecule has 4 aromatic rings. The van der Waals surface area contributed by atoms with Crippen molar-refractivity contribution in [3.8, 4) is 17.4 Å². The normalized spacial score (nSPS) is 13.2. The predicted molar refractivity (Wildman–Crippen MR) is 155 cm³/mol. The predicted octanol–water partition coefficient (Wildman–Crippen LogP) is 5.65. The minimum atomic E-state index is -0.412. The van der Waals surface area contributed by atoms with Gasteiger partial charge in [0.25, 0.3) is 0 Å². The molecule has 9 heteroatoms. The van der Waals surface area contributed by atoms with Crippen LogP contribution in [0, 0.1) is 5.82 Å². The second-order valence-electron chi connectivity index (χ2n) is 9.93. The number of benzene rings is 3. The summed E-state index contributed by atoms with van der Waals surface area (Å²) >= 11 is 0. The van der Waals surface area contributed by atoms with Crippen LogP contribution in [0.1, 0.15) is 30.9 Å². The maximum absolute atomic E-state index is 13.9. The van der Waals surface area contributed by atoms with E-state index in [1.54, 1.807) is 11.0 Å². The molecule has 0 unspecified atom stereocenters. The van der Waals surface area contributed by atoms with Crippen LogP contribution in [0.3, 0.4) is 0 Å². The second-order valence-corrected chi connectivity index (χ2v) is 9.93. The van der Waals surface area contributed by atoms with E-state index in [4.69, 9.17) is 14.5 Å². The summed E-state index contributed by atoms with van der Waals surface area (Å²) < 4.78 is 25.4. The Bertz CT molecular complexity index is 1550. The first-order valence-corrected chi connectivity index (χ1v) is 13.4. The second kappa shape index (κ2) is 11.8. The van der Waals surface area contributed by atoms with E-state index in [0.29, 0.717) is 71.1 Å². The van der Waals surface area contributed by atoms with Crippen LogP contribution in [0.5, 0.6) is 17.4 Å². The number of aromatic amines is 1. The lowest BCUT2D eigenvalue weighted by Crippen LogP contribution is -2.32. The molecule has 1 aromatic heterocycles. The van der Waals surface area contributed by atoms with E-state index in [9.17, 15) is 14.3 Å². The summed E-state index contributed by atoms with van der Waals surface area (Å²) in [5.74, 6) is 0.752. The maximum atomic E-state index is 13.9. The highest BCUT2D eigenvalue weighted by Crippen LogP contribution is 2.36. The van der Waals surface area contributed by atoms with E-state index >= 15 is 0 Å². The summed E-state index contributed by atoms with van der Waals surface area (Å²) in [5, 5.41) is 11.6. The average molecular weight is 545 g/mol. The number of anilines is 1. The van der Waals surface area contributed by atoms with Gasteiger partial charge in [-0.3, -0.25) is 4.79 Å². The van der Waals surface area contributed by atoms with Crippen LogP contribution < -0.4 is 14.4 Å². The third-order valence-corrected chi connectivity index (χ3v) is 6.79. The molecule has 2 N–H and O–H groups in total. The molecule has 0 fully saturated rings. The highest BCUT2D eigenvalue weighted by molar-refractivity contribution is 6.22. The summed E-state index contributed by atoms with van der Waals surface area (Å²) in [6, 6.07) is 17.3. The molecule has 0 aliphatic carbocycles. The zero-order valence-corrected chi connectivity index (χ0v) is 22.9. The number of aromatic hydroxyl groups is 1. The third-order valence-electron chi connectivity index (χ3n) is 6.79. The smallest absolute Gasteiger partial charge is 0.226 e. The molecule has 1 aliphatic rings. The fraction of sp³-hybridized carbons (Fsp3) is 0.290. The lowest BCUT2D eigenvalue weighted by atomic mass is 10.00. The Hall–Kier alpha value is -4.37. The van der Waals surface area contributed by atoms with Gasteiger partial charge in [0, 0.05) is 29.6 Å². The number of ether oxygens (including phenoxy) is 2. The minimum Gasteiger partial charge on any atom is -0.494 e. The van der Waals surface area contributed by atoms with Crippen molar-refractivity contribution in [2.24, 2.45) is 4.99 Å². The standard InChI is InChI=1S/C31H33FN4O4/c1-4-28(37)36(15-5-14-35(2)3)23-10-8-22(9-11-23)33-30(20-6-13-26-27(18-20)40-17-16-39-26)29-24-12-7-21(32)19-25(24)34-31(29)38/h6-13,18-19,34,38H,4-5,14-17H2,1-3H3. The van der Waals surface area contributed by atoms with Gasteiger partial charge in [0.1, 0.15) is 19.0 Å². The fourth-order valence-electron chi connectivity index (χ4n) is 4.82. The summed E-state index contributed by atoms with van der Waals surface area (Å²) in [6.07, 6.45) is 1.27. The lowest BCUT2D eigenvalue weighted by Gasteiger charge is -2.23. The Kier molecular flexibility index (Phi) is 8.02. The van der Waals surface area contributed by atoms with Crippen LogP contribution in [0.25, 0.3) is 10.9 Å². The molecule has 0 atom stereocenters. The Morgan fingerprint density at radius 1 is 1.00 bits per heavy atom. The molecule has 0 saturated carbocycles. The molecule has 3 aromatic carbocycles. The fourth-order valence-corrected chi connectivity index (χ4v) is 4.82. The van der Waals surface area contributed by atoms with E-state index in [1.165, 1.54) is 12.1 Å². The van der Waals surface area contributed by atoms with Crippen LogP contribution in [0.4, 0.5) is 15.8 Å². The van der Waals surface area contributed by atoms with Crippen LogP contribution in [-0.4, -0.2) is 67.0 Å². The molecule has 1 amide bonds. The van der Waals surface area contributed by atoms with Crippen LogP contribution in [0.2, 0.25) is 0 Å². The van der Waals surface area contributed by atoms with Crippen molar-refractivity contribution >= 4 is 33.9 Å². The Balaban J connectivity index is 1.56. The molecule has 0 bridgehead atoms. The first-order chi connectivity index (χ1) is 19.3. The van der Waals surface area contributed by atoms with Crippen molar-refractivity contribution in [1.82, 2.24) is 9.88 Å². The van der Waals surface area contributed by atoms with Gasteiger partial charge in [0.15, 0.2) is 17.4 Å². The molecule has 5 rings (SSSR count). The van der Waals surface area contributed by atoms with Crippen molar-refractivity contribution in [2.45, 2.75) is 19.8 Å². The maximum Gasteiger partial charge on any atom is 0.226 e. The molecular weight excluding hydrogens is 511 g/mol. The number of aromatic nitrogens is 1. The minimum absolute atomic E-state index is 0.0583. The number of nitrogens with zero attached hydrogens (tertiary/aromatic N) is 3. The Labute approximate surface area is 232 Å². The Morgan fingerprint density at radius 3 is 2.48 bits per heavy atom. The third kappa shape index (κ3) is 5.79. The van der Waals surface area contributed by atoms with Gasteiger partial charge in [-0.15, -0.1) is 0 Å². The van der Waals surface area contributed by atoms with E-state index in [-0.39, 0.29) is 11.8 Å². The van der Waals surface area contributed by atoms with E-state index in [2.05, 4.69) is 9.88 Å². The number of nitrogens with one attached hydrogen (secondary N) is 1. The van der Waals surface area contributed by atoms with Gasteiger partial charge >= 0.3 is 0 Å². The molecule has 1 aliphatic heterocycles. The highest BCUT2D eigenvalue weighted by Gasteiger charge is 2.22. The number of fused-ring (bicyclic) bond motifs is 2. The van der Waals surface area contributed by atoms with Gasteiger partial charge < -0.3 is 29.4 Å². The lowest BCUT2D eigenvalue weighted by molar-refractivity contribution is -0.118. The largest absolute Gasteiger partial charge is 0.494 e. The van der Waals surface area contributed by atoms with E-state index < -0.39 is 5.82 Å². The number of amides is 1. The molecule has 0 saturated heterocycles. The first-order valence-electron chi connectivity index (χ1n) is 13.4. The molecule has 208 valence electrons. The van der Waals surface area contributed by atoms with Crippen molar-refractivity contribution in [3.05, 3.63) is 77.6 Å². The van der Waals surface area contributed by atoms with Crippen LogP contribution in [-0.2, 0) is 4.79 Å². The van der Waals surface area contributed by atoms with E-state index in [1.807, 2.05) is 63.5 Å². The van der Waals surface area contributed by atoms with Gasteiger partial charge in [-0.1, -0.05) is 6.92 Å². The zero-order chi connectivity index (χ0) is 28.2. The first kappa shape index (κ1) is 27.2. The number of hydrogen-bond acceptors (Lipinski definition) is 6. The van der Waals surface area contributed by atoms with Gasteiger partial charge in [-0.2, -0.15) is 0 Å². The average Bonchev–Trinajstić information content (AvgIpc) is 3.28. The molecule has 2 heterocycles.